The van der Waals surface area contributed by atoms with Gasteiger partial charge in [0.05, 0.1) is 6.61 Å². The number of hydrogen-bond donors (Lipinski definition) is 4. The topological polar surface area (TPSA) is 186 Å². The van der Waals surface area contributed by atoms with E-state index in [1.807, 2.05) is 6.08 Å². The molecule has 0 aromatic carbocycles. The van der Waals surface area contributed by atoms with Crippen LogP contribution in [0, 0.1) is 0 Å². The zero-order chi connectivity index (χ0) is 42.7. The first-order chi connectivity index (χ1) is 28.0. The fourth-order valence-electron chi connectivity index (χ4n) is 7.05. The summed E-state index contributed by atoms with van der Waals surface area (Å²) in [6, 6.07) is 0. The van der Waals surface area contributed by atoms with Gasteiger partial charge < -0.3 is 34.3 Å². The van der Waals surface area contributed by atoms with Gasteiger partial charge in [-0.2, -0.15) is 8.42 Å². The molecule has 0 radical (unpaired) electrons. The fraction of sp³-hybridized carbons (Fsp3) is 0.867. The highest BCUT2D eigenvalue weighted by molar-refractivity contribution is 7.85. The minimum Gasteiger partial charge on any atom is -0.462 e. The van der Waals surface area contributed by atoms with Gasteiger partial charge in [-0.25, -0.2) is 0 Å². The molecule has 0 aromatic rings. The predicted octanol–water partition coefficient (Wildman–Crippen LogP) is 9.23. The SMILES string of the molecule is C=CCCCCCCCCCCCCCCCC(=O)O[C@H](COC(=O)CCCCCCCCCCC/C=C/CCCC)CO[C@H]1O[C@H](CS(=O)(=O)O)[C@@H](O)C(O)C1O. The maximum atomic E-state index is 12.8. The van der Waals surface area contributed by atoms with Crippen LogP contribution < -0.4 is 0 Å². The summed E-state index contributed by atoms with van der Waals surface area (Å²) in [6.45, 7) is 5.26. The molecule has 1 aliphatic rings. The van der Waals surface area contributed by atoms with Gasteiger partial charge in [-0.1, -0.05) is 154 Å². The second kappa shape index (κ2) is 35.8. The lowest BCUT2D eigenvalue weighted by atomic mass is 10.00. The number of aliphatic hydroxyl groups is 3. The molecule has 0 aromatic heterocycles. The monoisotopic (exact) mass is 847 g/mol. The molecule has 13 heteroatoms. The number of carbonyl (C=O) groups is 2. The Kier molecular flexibility index (Phi) is 33.5. The van der Waals surface area contributed by atoms with E-state index < -0.39 is 71.2 Å². The Labute approximate surface area is 351 Å². The first-order valence-corrected chi connectivity index (χ1v) is 24.5. The van der Waals surface area contributed by atoms with E-state index in [-0.39, 0.29) is 19.4 Å². The molecule has 340 valence electrons. The van der Waals surface area contributed by atoms with Crippen LogP contribution in [0.25, 0.3) is 0 Å². The molecule has 0 spiro atoms. The average Bonchev–Trinajstić information content (AvgIpc) is 3.18. The molecule has 12 nitrogen and oxygen atoms in total. The van der Waals surface area contributed by atoms with Crippen LogP contribution in [0.1, 0.15) is 193 Å². The van der Waals surface area contributed by atoms with Crippen LogP contribution in [-0.2, 0) is 38.7 Å². The summed E-state index contributed by atoms with van der Waals surface area (Å²) in [7, 11) is -4.60. The summed E-state index contributed by atoms with van der Waals surface area (Å²) in [5.41, 5.74) is 0. The molecule has 58 heavy (non-hydrogen) atoms. The van der Waals surface area contributed by atoms with Crippen molar-refractivity contribution in [2.24, 2.45) is 0 Å². The number of hydrogen-bond acceptors (Lipinski definition) is 11. The molecule has 0 saturated carbocycles. The first kappa shape index (κ1) is 54.1. The third-order valence-electron chi connectivity index (χ3n) is 10.6. The van der Waals surface area contributed by atoms with E-state index in [2.05, 4.69) is 25.7 Å². The summed E-state index contributed by atoms with van der Waals surface area (Å²) in [4.78, 5) is 25.4. The van der Waals surface area contributed by atoms with Crippen molar-refractivity contribution >= 4 is 22.1 Å². The fourth-order valence-corrected chi connectivity index (χ4v) is 7.74. The first-order valence-electron chi connectivity index (χ1n) is 22.9. The molecule has 1 aliphatic heterocycles. The van der Waals surface area contributed by atoms with Gasteiger partial charge in [0.15, 0.2) is 12.4 Å². The van der Waals surface area contributed by atoms with E-state index >= 15 is 0 Å². The van der Waals surface area contributed by atoms with Crippen molar-refractivity contribution < 1.29 is 56.8 Å². The van der Waals surface area contributed by atoms with Crippen LogP contribution >= 0.6 is 0 Å². The van der Waals surface area contributed by atoms with Gasteiger partial charge in [-0.05, 0) is 44.9 Å². The quantitative estimate of drug-likeness (QED) is 0.0199. The van der Waals surface area contributed by atoms with E-state index in [0.717, 1.165) is 44.9 Å². The summed E-state index contributed by atoms with van der Waals surface area (Å²) in [6.07, 6.45) is 28.2. The number of esters is 2. The molecule has 2 unspecified atom stereocenters. The molecule has 0 bridgehead atoms. The maximum absolute atomic E-state index is 12.8. The van der Waals surface area contributed by atoms with E-state index in [0.29, 0.717) is 12.8 Å². The van der Waals surface area contributed by atoms with Gasteiger partial charge in [-0.15, -0.1) is 6.58 Å². The van der Waals surface area contributed by atoms with E-state index in [9.17, 15) is 37.9 Å². The normalized spacial score (nSPS) is 20.3. The van der Waals surface area contributed by atoms with Crippen LogP contribution in [0.3, 0.4) is 0 Å². The molecule has 6 atom stereocenters. The third-order valence-corrected chi connectivity index (χ3v) is 11.4. The van der Waals surface area contributed by atoms with Crippen molar-refractivity contribution in [2.75, 3.05) is 19.0 Å². The lowest BCUT2D eigenvalue weighted by Gasteiger charge is -2.40. The summed E-state index contributed by atoms with van der Waals surface area (Å²) in [5.74, 6) is -1.98. The van der Waals surface area contributed by atoms with Gasteiger partial charge in [-0.3, -0.25) is 14.1 Å². The van der Waals surface area contributed by atoms with Crippen LogP contribution in [0.4, 0.5) is 0 Å². The highest BCUT2D eigenvalue weighted by atomic mass is 32.2. The van der Waals surface area contributed by atoms with E-state index in [4.69, 9.17) is 18.9 Å². The predicted molar refractivity (Wildman–Crippen MR) is 229 cm³/mol. The zero-order valence-electron chi connectivity index (χ0n) is 36.0. The Morgan fingerprint density at radius 2 is 1.07 bits per heavy atom. The number of aliphatic hydroxyl groups excluding tert-OH is 3. The minimum atomic E-state index is -4.60. The van der Waals surface area contributed by atoms with Crippen molar-refractivity contribution in [2.45, 2.75) is 230 Å². The Bertz CT molecular complexity index is 1160. The summed E-state index contributed by atoms with van der Waals surface area (Å²) < 4.78 is 54.1. The second-order valence-corrected chi connectivity index (χ2v) is 17.6. The van der Waals surface area contributed by atoms with Gasteiger partial charge in [0, 0.05) is 12.8 Å². The Morgan fingerprint density at radius 3 is 1.55 bits per heavy atom. The Morgan fingerprint density at radius 1 is 0.621 bits per heavy atom. The third kappa shape index (κ3) is 30.2. The molecule has 1 rings (SSSR count). The van der Waals surface area contributed by atoms with Crippen LogP contribution in [0.2, 0.25) is 0 Å². The Balaban J connectivity index is 2.43. The number of carbonyl (C=O) groups excluding carboxylic acids is 2. The standard InChI is InChI=1S/C45H82O12S/c1-3-5-7-9-11-13-15-17-19-21-23-25-27-29-31-33-40(46)54-35-38(36-55-45-44(50)43(49)42(48)39(57-45)37-58(51,52)53)56-41(47)34-32-30-28-26-24-22-20-18-16-14-12-10-8-6-4-2/h4,9,11,38-39,42-45,48-50H,2-3,5-8,10,12-37H2,1H3,(H,51,52,53)/b11-9+/t38-,39-,42-,43?,44?,45+/m1/s1. The van der Waals surface area contributed by atoms with Crippen LogP contribution in [0.15, 0.2) is 24.8 Å². The van der Waals surface area contributed by atoms with Crippen molar-refractivity contribution in [1.82, 2.24) is 0 Å². The smallest absolute Gasteiger partial charge is 0.306 e. The van der Waals surface area contributed by atoms with Crippen molar-refractivity contribution in [3.05, 3.63) is 24.8 Å². The number of unbranched alkanes of at least 4 members (excludes halogenated alkanes) is 24. The van der Waals surface area contributed by atoms with Gasteiger partial charge in [0.25, 0.3) is 10.1 Å². The number of allylic oxidation sites excluding steroid dienone is 3. The van der Waals surface area contributed by atoms with Gasteiger partial charge in [0.1, 0.15) is 36.8 Å². The highest BCUT2D eigenvalue weighted by Crippen LogP contribution is 2.24. The van der Waals surface area contributed by atoms with Gasteiger partial charge >= 0.3 is 11.9 Å². The van der Waals surface area contributed by atoms with Crippen LogP contribution in [0.5, 0.6) is 0 Å². The minimum absolute atomic E-state index is 0.164. The average molecular weight is 847 g/mol. The summed E-state index contributed by atoms with van der Waals surface area (Å²) in [5, 5.41) is 30.9. The van der Waals surface area contributed by atoms with Gasteiger partial charge in [0.2, 0.25) is 0 Å². The van der Waals surface area contributed by atoms with Crippen molar-refractivity contribution in [3.63, 3.8) is 0 Å². The molecular formula is C45H82O12S. The Hall–Kier alpha value is -1.87. The maximum Gasteiger partial charge on any atom is 0.306 e. The van der Waals surface area contributed by atoms with Crippen molar-refractivity contribution in [1.29, 1.82) is 0 Å². The van der Waals surface area contributed by atoms with Crippen molar-refractivity contribution in [3.8, 4) is 0 Å². The zero-order valence-corrected chi connectivity index (χ0v) is 36.8. The molecule has 0 aliphatic carbocycles. The molecule has 1 heterocycles. The molecule has 1 saturated heterocycles. The molecule has 1 fully saturated rings. The molecule has 0 amide bonds. The highest BCUT2D eigenvalue weighted by Gasteiger charge is 2.46. The number of rotatable bonds is 39. The van der Waals surface area contributed by atoms with E-state index in [1.54, 1.807) is 0 Å². The van der Waals surface area contributed by atoms with E-state index in [1.165, 1.54) is 116 Å². The summed E-state index contributed by atoms with van der Waals surface area (Å²) >= 11 is 0. The molecular weight excluding hydrogens is 765 g/mol. The molecule has 4 N–H and O–H groups in total. The van der Waals surface area contributed by atoms with Crippen LogP contribution in [-0.4, -0.2) is 96.0 Å². The number of ether oxygens (including phenoxy) is 4. The second-order valence-electron chi connectivity index (χ2n) is 16.1. The lowest BCUT2D eigenvalue weighted by molar-refractivity contribution is -0.297. The largest absolute Gasteiger partial charge is 0.462 e. The lowest BCUT2D eigenvalue weighted by Crippen LogP contribution is -2.60.